The van der Waals surface area contributed by atoms with Crippen molar-refractivity contribution in [1.29, 1.82) is 0 Å². The van der Waals surface area contributed by atoms with E-state index >= 15 is 0 Å². The van der Waals surface area contributed by atoms with Gasteiger partial charge < -0.3 is 10.1 Å². The van der Waals surface area contributed by atoms with E-state index < -0.39 is 0 Å². The molecule has 0 aromatic rings. The Hall–Kier alpha value is -1.06. The molecule has 0 saturated heterocycles. The van der Waals surface area contributed by atoms with Crippen LogP contribution in [0.4, 0.5) is 0 Å². The number of rotatable bonds is 7. The second kappa shape index (κ2) is 8.26. The van der Waals surface area contributed by atoms with Crippen LogP contribution in [0.5, 0.6) is 0 Å². The second-order valence-corrected chi connectivity index (χ2v) is 3.62. The van der Waals surface area contributed by atoms with E-state index in [1.165, 1.54) is 0 Å². The maximum Gasteiger partial charge on any atom is 0.307 e. The number of esters is 1. The highest BCUT2D eigenvalue weighted by Gasteiger charge is 2.07. The number of amides is 1. The molecule has 15 heavy (non-hydrogen) atoms. The number of ether oxygens (including phenoxy) is 1. The molecule has 4 nitrogen and oxygen atoms in total. The van der Waals surface area contributed by atoms with Gasteiger partial charge >= 0.3 is 5.97 Å². The SMILES string of the molecule is CCOC(=O)CCNC(=O)CC(C)CC. The van der Waals surface area contributed by atoms with Gasteiger partial charge in [-0.3, -0.25) is 9.59 Å². The van der Waals surface area contributed by atoms with Gasteiger partial charge in [0.2, 0.25) is 5.91 Å². The topological polar surface area (TPSA) is 55.4 Å². The van der Waals surface area contributed by atoms with Crippen LogP contribution in [0, 0.1) is 5.92 Å². The quantitative estimate of drug-likeness (QED) is 0.655. The summed E-state index contributed by atoms with van der Waals surface area (Å²) >= 11 is 0. The molecule has 4 heteroatoms. The largest absolute Gasteiger partial charge is 0.466 e. The molecule has 0 aliphatic heterocycles. The maximum absolute atomic E-state index is 11.3. The molecule has 0 spiro atoms. The van der Waals surface area contributed by atoms with Gasteiger partial charge in [-0.05, 0) is 12.8 Å². The number of hydrogen-bond acceptors (Lipinski definition) is 3. The Bertz CT molecular complexity index is 204. The lowest BCUT2D eigenvalue weighted by Crippen LogP contribution is -2.27. The van der Waals surface area contributed by atoms with E-state index in [9.17, 15) is 9.59 Å². The Balaban J connectivity index is 3.50. The van der Waals surface area contributed by atoms with Crippen molar-refractivity contribution in [2.75, 3.05) is 13.2 Å². The fourth-order valence-electron chi connectivity index (χ4n) is 1.07. The first-order valence-electron chi connectivity index (χ1n) is 5.52. The molecule has 0 aliphatic carbocycles. The van der Waals surface area contributed by atoms with Crippen molar-refractivity contribution >= 4 is 11.9 Å². The number of carbonyl (C=O) groups excluding carboxylic acids is 2. The molecule has 0 aromatic heterocycles. The zero-order valence-corrected chi connectivity index (χ0v) is 9.84. The summed E-state index contributed by atoms with van der Waals surface area (Å²) < 4.78 is 4.74. The van der Waals surface area contributed by atoms with Gasteiger partial charge in [-0.15, -0.1) is 0 Å². The summed E-state index contributed by atoms with van der Waals surface area (Å²) in [6.45, 7) is 6.61. The van der Waals surface area contributed by atoms with Gasteiger partial charge in [-0.2, -0.15) is 0 Å². The van der Waals surface area contributed by atoms with E-state index in [0.29, 0.717) is 25.5 Å². The summed E-state index contributed by atoms with van der Waals surface area (Å²) in [5.74, 6) is 0.141. The van der Waals surface area contributed by atoms with Crippen LogP contribution in [0.2, 0.25) is 0 Å². The predicted molar refractivity (Wildman–Crippen MR) is 58.3 cm³/mol. The first-order chi connectivity index (χ1) is 7.10. The van der Waals surface area contributed by atoms with Gasteiger partial charge in [0.15, 0.2) is 0 Å². The van der Waals surface area contributed by atoms with Crippen LogP contribution < -0.4 is 5.32 Å². The Morgan fingerprint density at radius 3 is 2.53 bits per heavy atom. The molecular weight excluding hydrogens is 194 g/mol. The molecular formula is C11H21NO3. The summed E-state index contributed by atoms with van der Waals surface area (Å²) in [5, 5.41) is 2.70. The smallest absolute Gasteiger partial charge is 0.307 e. The third-order valence-electron chi connectivity index (χ3n) is 2.19. The Morgan fingerprint density at radius 2 is 2.00 bits per heavy atom. The molecule has 0 saturated carbocycles. The lowest BCUT2D eigenvalue weighted by molar-refractivity contribution is -0.143. The standard InChI is InChI=1S/C11H21NO3/c1-4-9(3)8-10(13)12-7-6-11(14)15-5-2/h9H,4-8H2,1-3H3,(H,12,13). The molecule has 0 rings (SSSR count). The zero-order valence-electron chi connectivity index (χ0n) is 9.84. The van der Waals surface area contributed by atoms with E-state index in [1.54, 1.807) is 6.92 Å². The van der Waals surface area contributed by atoms with Gasteiger partial charge in [0, 0.05) is 13.0 Å². The van der Waals surface area contributed by atoms with Gasteiger partial charge in [0.05, 0.1) is 13.0 Å². The number of carbonyl (C=O) groups is 2. The van der Waals surface area contributed by atoms with Crippen molar-refractivity contribution in [3.05, 3.63) is 0 Å². The van der Waals surface area contributed by atoms with Crippen molar-refractivity contribution in [3.8, 4) is 0 Å². The van der Waals surface area contributed by atoms with E-state index in [0.717, 1.165) is 6.42 Å². The van der Waals surface area contributed by atoms with Crippen molar-refractivity contribution in [3.63, 3.8) is 0 Å². The highest BCUT2D eigenvalue weighted by Crippen LogP contribution is 2.05. The lowest BCUT2D eigenvalue weighted by atomic mass is 10.1. The summed E-state index contributed by atoms with van der Waals surface area (Å²) in [7, 11) is 0. The zero-order chi connectivity index (χ0) is 11.7. The number of nitrogens with one attached hydrogen (secondary N) is 1. The number of hydrogen-bond donors (Lipinski definition) is 1. The molecule has 1 amide bonds. The summed E-state index contributed by atoms with van der Waals surface area (Å²) in [4.78, 5) is 22.2. The predicted octanol–water partition coefficient (Wildman–Crippen LogP) is 1.49. The normalized spacial score (nSPS) is 11.9. The van der Waals surface area contributed by atoms with E-state index in [2.05, 4.69) is 12.2 Å². The summed E-state index contributed by atoms with van der Waals surface area (Å²) in [5.41, 5.74) is 0. The van der Waals surface area contributed by atoms with Crippen LogP contribution in [-0.2, 0) is 14.3 Å². The lowest BCUT2D eigenvalue weighted by Gasteiger charge is -2.08. The van der Waals surface area contributed by atoms with Crippen LogP contribution in [0.25, 0.3) is 0 Å². The van der Waals surface area contributed by atoms with Gasteiger partial charge in [0.1, 0.15) is 0 Å². The van der Waals surface area contributed by atoms with E-state index in [4.69, 9.17) is 4.74 Å². The first-order valence-corrected chi connectivity index (χ1v) is 5.52. The van der Waals surface area contributed by atoms with Crippen molar-refractivity contribution in [1.82, 2.24) is 5.32 Å². The molecule has 0 aromatic carbocycles. The van der Waals surface area contributed by atoms with Gasteiger partial charge in [0.25, 0.3) is 0 Å². The minimum Gasteiger partial charge on any atom is -0.466 e. The summed E-state index contributed by atoms with van der Waals surface area (Å²) in [6, 6.07) is 0. The molecule has 1 atom stereocenters. The average Bonchev–Trinajstić information content (AvgIpc) is 2.18. The summed E-state index contributed by atoms with van der Waals surface area (Å²) in [6.07, 6.45) is 1.77. The van der Waals surface area contributed by atoms with Crippen molar-refractivity contribution in [2.45, 2.75) is 40.0 Å². The molecule has 1 N–H and O–H groups in total. The molecule has 0 bridgehead atoms. The van der Waals surface area contributed by atoms with E-state index in [-0.39, 0.29) is 18.3 Å². The second-order valence-electron chi connectivity index (χ2n) is 3.62. The molecule has 0 fully saturated rings. The highest BCUT2D eigenvalue weighted by atomic mass is 16.5. The average molecular weight is 215 g/mol. The minimum atomic E-state index is -0.263. The Morgan fingerprint density at radius 1 is 1.33 bits per heavy atom. The third-order valence-corrected chi connectivity index (χ3v) is 2.19. The highest BCUT2D eigenvalue weighted by molar-refractivity contribution is 5.77. The maximum atomic E-state index is 11.3. The van der Waals surface area contributed by atoms with Crippen LogP contribution in [0.3, 0.4) is 0 Å². The van der Waals surface area contributed by atoms with Gasteiger partial charge in [-0.25, -0.2) is 0 Å². The van der Waals surface area contributed by atoms with Crippen LogP contribution in [-0.4, -0.2) is 25.0 Å². The fourth-order valence-corrected chi connectivity index (χ4v) is 1.07. The van der Waals surface area contributed by atoms with Crippen molar-refractivity contribution < 1.29 is 14.3 Å². The Kier molecular flexibility index (Phi) is 7.68. The monoisotopic (exact) mass is 215 g/mol. The Labute approximate surface area is 91.4 Å². The van der Waals surface area contributed by atoms with E-state index in [1.807, 2.05) is 6.92 Å². The first kappa shape index (κ1) is 13.9. The fraction of sp³-hybridized carbons (Fsp3) is 0.818. The molecule has 0 radical (unpaired) electrons. The minimum absolute atomic E-state index is 0.00801. The molecule has 88 valence electrons. The van der Waals surface area contributed by atoms with Gasteiger partial charge in [-0.1, -0.05) is 20.3 Å². The van der Waals surface area contributed by atoms with Crippen LogP contribution in [0.15, 0.2) is 0 Å². The van der Waals surface area contributed by atoms with Crippen LogP contribution >= 0.6 is 0 Å². The molecule has 1 unspecified atom stereocenters. The third kappa shape index (κ3) is 7.97. The van der Waals surface area contributed by atoms with Crippen LogP contribution in [0.1, 0.15) is 40.0 Å². The molecule has 0 heterocycles. The van der Waals surface area contributed by atoms with Crippen molar-refractivity contribution in [2.24, 2.45) is 5.92 Å². The molecule has 0 aliphatic rings.